The molecule has 0 spiro atoms. The van der Waals surface area contributed by atoms with Crippen molar-refractivity contribution in [1.29, 1.82) is 0 Å². The van der Waals surface area contributed by atoms with Crippen LogP contribution in [0.1, 0.15) is 33.5 Å². The van der Waals surface area contributed by atoms with Crippen LogP contribution in [0, 0.1) is 34.6 Å². The van der Waals surface area contributed by atoms with Gasteiger partial charge in [0.1, 0.15) is 5.65 Å². The van der Waals surface area contributed by atoms with Crippen molar-refractivity contribution in [2.24, 2.45) is 0 Å². The number of carbonyl (C=O) groups excluding carboxylic acids is 1. The van der Waals surface area contributed by atoms with E-state index in [1.54, 1.807) is 0 Å². The number of amides is 1. The van der Waals surface area contributed by atoms with Gasteiger partial charge in [0.2, 0.25) is 5.91 Å². The standard InChI is InChI=1S/C29H28N4OS/c1-17-8-10-22(13-20(17)4)24-16-35-29(30-24)31-26(34)15-25-27(23-11-9-18(2)21(5)14-23)32-28-19(3)7-6-12-33(25)28/h6-14,16H,15H2,1-5H3,(H,30,31,34). The van der Waals surface area contributed by atoms with E-state index in [1.165, 1.54) is 33.6 Å². The van der Waals surface area contributed by atoms with Gasteiger partial charge in [-0.2, -0.15) is 0 Å². The Morgan fingerprint density at radius 2 is 1.54 bits per heavy atom. The lowest BCUT2D eigenvalue weighted by Gasteiger charge is -2.08. The van der Waals surface area contributed by atoms with Crippen molar-refractivity contribution in [1.82, 2.24) is 14.4 Å². The molecule has 0 aliphatic rings. The Kier molecular flexibility index (Phi) is 5.99. The summed E-state index contributed by atoms with van der Waals surface area (Å²) in [7, 11) is 0. The van der Waals surface area contributed by atoms with Gasteiger partial charge in [-0.25, -0.2) is 9.97 Å². The summed E-state index contributed by atoms with van der Waals surface area (Å²) in [5.74, 6) is -0.112. The Bertz CT molecular complexity index is 1580. The van der Waals surface area contributed by atoms with Crippen LogP contribution < -0.4 is 5.32 Å². The minimum Gasteiger partial charge on any atom is -0.303 e. The topological polar surface area (TPSA) is 59.3 Å². The maximum Gasteiger partial charge on any atom is 0.232 e. The number of thiazole rings is 1. The van der Waals surface area contributed by atoms with E-state index in [1.807, 2.05) is 35.0 Å². The summed E-state index contributed by atoms with van der Waals surface area (Å²) < 4.78 is 2.03. The van der Waals surface area contributed by atoms with Crippen molar-refractivity contribution >= 4 is 28.0 Å². The first-order chi connectivity index (χ1) is 16.8. The number of nitrogens with zero attached hydrogens (tertiary/aromatic N) is 3. The highest BCUT2D eigenvalue weighted by atomic mass is 32.1. The van der Waals surface area contributed by atoms with Crippen LogP contribution in [0.25, 0.3) is 28.2 Å². The van der Waals surface area contributed by atoms with Crippen molar-refractivity contribution in [3.8, 4) is 22.5 Å². The summed E-state index contributed by atoms with van der Waals surface area (Å²) in [6.45, 7) is 10.4. The highest BCUT2D eigenvalue weighted by Crippen LogP contribution is 2.29. The predicted molar refractivity (Wildman–Crippen MR) is 144 cm³/mol. The van der Waals surface area contributed by atoms with E-state index in [0.29, 0.717) is 5.13 Å². The number of aromatic nitrogens is 3. The molecule has 35 heavy (non-hydrogen) atoms. The molecule has 0 radical (unpaired) electrons. The fraction of sp³-hybridized carbons (Fsp3) is 0.207. The minimum absolute atomic E-state index is 0.112. The molecular formula is C29H28N4OS. The van der Waals surface area contributed by atoms with Gasteiger partial charge in [-0.05, 0) is 80.6 Å². The fourth-order valence-electron chi connectivity index (χ4n) is 4.22. The van der Waals surface area contributed by atoms with Crippen molar-refractivity contribution in [2.75, 3.05) is 5.32 Å². The monoisotopic (exact) mass is 480 g/mol. The first-order valence-electron chi connectivity index (χ1n) is 11.7. The molecule has 0 unspecified atom stereocenters. The van der Waals surface area contributed by atoms with Gasteiger partial charge in [0.05, 0.1) is 23.5 Å². The number of benzene rings is 2. The van der Waals surface area contributed by atoms with Crippen molar-refractivity contribution in [2.45, 2.75) is 41.0 Å². The minimum atomic E-state index is -0.112. The molecule has 5 nitrogen and oxygen atoms in total. The quantitative estimate of drug-likeness (QED) is 0.299. The van der Waals surface area contributed by atoms with E-state index in [2.05, 4.69) is 74.4 Å². The summed E-state index contributed by atoms with van der Waals surface area (Å²) in [5, 5.41) is 5.58. The van der Waals surface area contributed by atoms with Gasteiger partial charge in [0.25, 0.3) is 0 Å². The molecule has 5 aromatic rings. The van der Waals surface area contributed by atoms with Crippen molar-refractivity contribution in [3.63, 3.8) is 0 Å². The van der Waals surface area contributed by atoms with Crippen LogP contribution in [0.3, 0.4) is 0 Å². The smallest absolute Gasteiger partial charge is 0.232 e. The SMILES string of the molecule is Cc1ccc(-c2csc(NC(=O)Cc3c(-c4ccc(C)c(C)c4)nc4c(C)cccn34)n2)cc1C. The Morgan fingerprint density at radius 1 is 0.857 bits per heavy atom. The zero-order valence-electron chi connectivity index (χ0n) is 20.6. The fourth-order valence-corrected chi connectivity index (χ4v) is 4.96. The number of hydrogen-bond donors (Lipinski definition) is 1. The van der Waals surface area contributed by atoms with Gasteiger partial charge in [-0.3, -0.25) is 4.79 Å². The third-order valence-electron chi connectivity index (χ3n) is 6.61. The van der Waals surface area contributed by atoms with Crippen LogP contribution in [0.2, 0.25) is 0 Å². The first-order valence-corrected chi connectivity index (χ1v) is 12.6. The summed E-state index contributed by atoms with van der Waals surface area (Å²) in [6, 6.07) is 16.7. The Hall–Kier alpha value is -3.77. The Morgan fingerprint density at radius 3 is 2.26 bits per heavy atom. The lowest BCUT2D eigenvalue weighted by atomic mass is 10.0. The highest BCUT2D eigenvalue weighted by molar-refractivity contribution is 7.14. The number of carbonyl (C=O) groups is 1. The third-order valence-corrected chi connectivity index (χ3v) is 7.36. The maximum atomic E-state index is 13.2. The average molecular weight is 481 g/mol. The number of aryl methyl sites for hydroxylation is 5. The molecule has 0 bridgehead atoms. The number of anilines is 1. The van der Waals surface area contributed by atoms with Gasteiger partial charge in [-0.1, -0.05) is 30.3 Å². The van der Waals surface area contributed by atoms with Crippen LogP contribution >= 0.6 is 11.3 Å². The lowest BCUT2D eigenvalue weighted by molar-refractivity contribution is -0.115. The van der Waals surface area contributed by atoms with Crippen LogP contribution in [0.4, 0.5) is 5.13 Å². The molecule has 0 saturated heterocycles. The second kappa shape index (κ2) is 9.12. The lowest BCUT2D eigenvalue weighted by Crippen LogP contribution is -2.16. The molecule has 3 heterocycles. The molecule has 0 aliphatic carbocycles. The first kappa shape index (κ1) is 23.0. The second-order valence-corrected chi connectivity index (χ2v) is 10.0. The molecule has 0 aliphatic heterocycles. The molecule has 2 aromatic carbocycles. The van der Waals surface area contributed by atoms with Crippen molar-refractivity contribution < 1.29 is 4.79 Å². The molecule has 3 aromatic heterocycles. The average Bonchev–Trinajstić information content (AvgIpc) is 3.43. The molecule has 0 saturated carbocycles. The van der Waals surface area contributed by atoms with Crippen molar-refractivity contribution in [3.05, 3.63) is 93.6 Å². The molecule has 5 rings (SSSR count). The molecule has 0 atom stereocenters. The van der Waals surface area contributed by atoms with Gasteiger partial charge >= 0.3 is 0 Å². The van der Waals surface area contributed by atoms with E-state index in [-0.39, 0.29) is 12.3 Å². The van der Waals surface area contributed by atoms with Crippen LogP contribution in [-0.4, -0.2) is 20.3 Å². The number of hydrogen-bond acceptors (Lipinski definition) is 4. The van der Waals surface area contributed by atoms with Gasteiger partial charge in [0, 0.05) is 22.7 Å². The summed E-state index contributed by atoms with van der Waals surface area (Å²) in [4.78, 5) is 22.8. The number of pyridine rings is 1. The van der Waals surface area contributed by atoms with E-state index < -0.39 is 0 Å². The van der Waals surface area contributed by atoms with Gasteiger partial charge in [-0.15, -0.1) is 11.3 Å². The van der Waals surface area contributed by atoms with Crippen LogP contribution in [0.15, 0.2) is 60.1 Å². The molecule has 1 amide bonds. The van der Waals surface area contributed by atoms with Crippen LogP contribution in [-0.2, 0) is 11.2 Å². The number of imidazole rings is 1. The van der Waals surface area contributed by atoms with E-state index in [9.17, 15) is 4.79 Å². The summed E-state index contributed by atoms with van der Waals surface area (Å²) >= 11 is 1.44. The predicted octanol–water partition coefficient (Wildman–Crippen LogP) is 6.85. The van der Waals surface area contributed by atoms with Gasteiger partial charge < -0.3 is 9.72 Å². The number of nitrogens with one attached hydrogen (secondary N) is 1. The summed E-state index contributed by atoms with van der Waals surface area (Å²) in [6.07, 6.45) is 2.18. The molecule has 6 heteroatoms. The Labute approximate surface area is 209 Å². The number of fused-ring (bicyclic) bond motifs is 1. The zero-order chi connectivity index (χ0) is 24.7. The Balaban J connectivity index is 1.45. The molecular weight excluding hydrogens is 452 g/mol. The second-order valence-electron chi connectivity index (χ2n) is 9.15. The zero-order valence-corrected chi connectivity index (χ0v) is 21.5. The maximum absolute atomic E-state index is 13.2. The third kappa shape index (κ3) is 4.49. The van der Waals surface area contributed by atoms with Gasteiger partial charge in [0.15, 0.2) is 5.13 Å². The molecule has 176 valence electrons. The normalized spacial score (nSPS) is 11.2. The van der Waals surface area contributed by atoms with E-state index >= 15 is 0 Å². The number of rotatable bonds is 5. The highest BCUT2D eigenvalue weighted by Gasteiger charge is 2.19. The van der Waals surface area contributed by atoms with Crippen LogP contribution in [0.5, 0.6) is 0 Å². The summed E-state index contributed by atoms with van der Waals surface area (Å²) in [5.41, 5.74) is 11.5. The van der Waals surface area contributed by atoms with E-state index in [4.69, 9.17) is 4.98 Å². The molecule has 1 N–H and O–H groups in total. The largest absolute Gasteiger partial charge is 0.303 e. The molecule has 0 fully saturated rings. The van der Waals surface area contributed by atoms with E-state index in [0.717, 1.165) is 39.4 Å².